The first-order valence-electron chi connectivity index (χ1n) is 6.21. The van der Waals surface area contributed by atoms with Crippen LogP contribution in [0.25, 0.3) is 6.08 Å². The summed E-state index contributed by atoms with van der Waals surface area (Å²) in [7, 11) is 0. The van der Waals surface area contributed by atoms with E-state index in [-0.39, 0.29) is 0 Å². The second-order valence-electron chi connectivity index (χ2n) is 4.35. The summed E-state index contributed by atoms with van der Waals surface area (Å²) in [6, 6.07) is 9.22. The van der Waals surface area contributed by atoms with Gasteiger partial charge in [-0.1, -0.05) is 6.07 Å². The van der Waals surface area contributed by atoms with Crippen molar-refractivity contribution in [2.75, 3.05) is 0 Å². The van der Waals surface area contributed by atoms with E-state index in [2.05, 4.69) is 6.07 Å². The van der Waals surface area contributed by atoms with Crippen molar-refractivity contribution >= 4 is 23.4 Å². The van der Waals surface area contributed by atoms with E-state index in [1.165, 1.54) is 11.3 Å². The molecule has 0 fully saturated rings. The van der Waals surface area contributed by atoms with E-state index >= 15 is 0 Å². The molecule has 21 heavy (non-hydrogen) atoms. The summed E-state index contributed by atoms with van der Waals surface area (Å²) in [5.74, 6) is -0.318. The van der Waals surface area contributed by atoms with Crippen LogP contribution in [0, 0.1) is 18.3 Å². The SMILES string of the molecule is Cc1ccc(C#N)cc1OCc1sccc1/C=C/C(=O)O. The number of thiophene rings is 1. The molecule has 0 radical (unpaired) electrons. The summed E-state index contributed by atoms with van der Waals surface area (Å²) < 4.78 is 5.75. The van der Waals surface area contributed by atoms with Gasteiger partial charge in [0.2, 0.25) is 0 Å². The Morgan fingerprint density at radius 2 is 2.29 bits per heavy atom. The molecular weight excluding hydrogens is 286 g/mol. The Hall–Kier alpha value is -2.58. The maximum Gasteiger partial charge on any atom is 0.328 e. The highest BCUT2D eigenvalue weighted by Crippen LogP contribution is 2.24. The summed E-state index contributed by atoms with van der Waals surface area (Å²) in [5, 5.41) is 19.5. The van der Waals surface area contributed by atoms with E-state index in [0.717, 1.165) is 22.1 Å². The Morgan fingerprint density at radius 1 is 1.48 bits per heavy atom. The molecule has 0 unspecified atom stereocenters. The standard InChI is InChI=1S/C16H13NO3S/c1-11-2-3-12(9-17)8-14(11)20-10-15-13(6-7-21-15)4-5-16(18)19/h2-8H,10H2,1H3,(H,18,19)/b5-4+. The molecule has 0 aliphatic rings. The summed E-state index contributed by atoms with van der Waals surface area (Å²) >= 11 is 1.50. The predicted molar refractivity (Wildman–Crippen MR) is 81.2 cm³/mol. The number of nitriles is 1. The normalized spacial score (nSPS) is 10.5. The molecule has 5 heteroatoms. The van der Waals surface area contributed by atoms with Gasteiger partial charge >= 0.3 is 5.97 Å². The number of rotatable bonds is 5. The number of carboxylic acids is 1. The van der Waals surface area contributed by atoms with E-state index in [4.69, 9.17) is 15.1 Å². The number of benzene rings is 1. The minimum Gasteiger partial charge on any atom is -0.488 e. The first-order chi connectivity index (χ1) is 10.1. The van der Waals surface area contributed by atoms with Crippen LogP contribution in [0.5, 0.6) is 5.75 Å². The first-order valence-corrected chi connectivity index (χ1v) is 7.09. The lowest BCUT2D eigenvalue weighted by atomic mass is 10.1. The molecule has 2 rings (SSSR count). The Bertz CT molecular complexity index is 725. The van der Waals surface area contributed by atoms with Gasteiger partial charge in [-0.2, -0.15) is 5.26 Å². The van der Waals surface area contributed by atoms with Crippen LogP contribution < -0.4 is 4.74 Å². The number of hydrogen-bond donors (Lipinski definition) is 1. The molecule has 0 amide bonds. The van der Waals surface area contributed by atoms with E-state index in [0.29, 0.717) is 17.9 Å². The highest BCUT2D eigenvalue weighted by Gasteiger charge is 2.06. The monoisotopic (exact) mass is 299 g/mol. The summed E-state index contributed by atoms with van der Waals surface area (Å²) in [5.41, 5.74) is 2.33. The zero-order valence-electron chi connectivity index (χ0n) is 11.4. The number of aliphatic carboxylic acids is 1. The molecule has 1 aromatic carbocycles. The Kier molecular flexibility index (Phi) is 4.75. The zero-order chi connectivity index (χ0) is 15.2. The summed E-state index contributed by atoms with van der Waals surface area (Å²) in [6.07, 6.45) is 2.66. The van der Waals surface area contributed by atoms with Crippen molar-refractivity contribution in [3.8, 4) is 11.8 Å². The minimum atomic E-state index is -0.981. The fourth-order valence-electron chi connectivity index (χ4n) is 1.75. The lowest BCUT2D eigenvalue weighted by Gasteiger charge is -2.09. The maximum atomic E-state index is 10.6. The number of ether oxygens (including phenoxy) is 1. The smallest absolute Gasteiger partial charge is 0.328 e. The van der Waals surface area contributed by atoms with Gasteiger partial charge in [-0.15, -0.1) is 11.3 Å². The van der Waals surface area contributed by atoms with E-state index in [1.807, 2.05) is 24.4 Å². The highest BCUT2D eigenvalue weighted by molar-refractivity contribution is 7.10. The topological polar surface area (TPSA) is 70.3 Å². The fourth-order valence-corrected chi connectivity index (χ4v) is 2.52. The highest BCUT2D eigenvalue weighted by atomic mass is 32.1. The van der Waals surface area contributed by atoms with Gasteiger partial charge in [-0.05, 0) is 47.7 Å². The van der Waals surface area contributed by atoms with Crippen molar-refractivity contribution in [1.82, 2.24) is 0 Å². The average Bonchev–Trinajstić information content (AvgIpc) is 2.91. The van der Waals surface area contributed by atoms with Crippen LogP contribution in [-0.4, -0.2) is 11.1 Å². The van der Waals surface area contributed by atoms with Gasteiger partial charge in [0, 0.05) is 11.0 Å². The third-order valence-corrected chi connectivity index (χ3v) is 3.77. The van der Waals surface area contributed by atoms with Gasteiger partial charge in [-0.3, -0.25) is 0 Å². The molecule has 1 N–H and O–H groups in total. The van der Waals surface area contributed by atoms with Crippen molar-refractivity contribution in [2.45, 2.75) is 13.5 Å². The molecule has 0 atom stereocenters. The number of carboxylic acid groups (broad SMARTS) is 1. The molecule has 0 aliphatic carbocycles. The third kappa shape index (κ3) is 3.94. The molecule has 0 spiro atoms. The molecule has 4 nitrogen and oxygen atoms in total. The number of nitrogens with zero attached hydrogens (tertiary/aromatic N) is 1. The predicted octanol–water partition coefficient (Wildman–Crippen LogP) is 3.61. The van der Waals surface area contributed by atoms with Gasteiger partial charge in [-0.25, -0.2) is 4.79 Å². The zero-order valence-corrected chi connectivity index (χ0v) is 12.2. The number of carbonyl (C=O) groups is 1. The molecule has 0 aliphatic heterocycles. The Morgan fingerprint density at radius 3 is 3.00 bits per heavy atom. The van der Waals surface area contributed by atoms with E-state index in [9.17, 15) is 4.79 Å². The van der Waals surface area contributed by atoms with Crippen molar-refractivity contribution in [1.29, 1.82) is 5.26 Å². The molecular formula is C16H13NO3S. The van der Waals surface area contributed by atoms with Crippen molar-refractivity contribution in [3.63, 3.8) is 0 Å². The second-order valence-corrected chi connectivity index (χ2v) is 5.35. The molecule has 1 aromatic heterocycles. The van der Waals surface area contributed by atoms with E-state index < -0.39 is 5.97 Å². The van der Waals surface area contributed by atoms with Gasteiger partial charge in [0.05, 0.1) is 11.6 Å². The lowest BCUT2D eigenvalue weighted by molar-refractivity contribution is -0.131. The van der Waals surface area contributed by atoms with Gasteiger partial charge in [0.15, 0.2) is 0 Å². The Balaban J connectivity index is 2.12. The van der Waals surface area contributed by atoms with Crippen molar-refractivity contribution in [2.24, 2.45) is 0 Å². The number of aryl methyl sites for hydroxylation is 1. The maximum absolute atomic E-state index is 10.6. The van der Waals surface area contributed by atoms with Crippen LogP contribution in [0.1, 0.15) is 21.6 Å². The molecule has 0 saturated heterocycles. The van der Waals surface area contributed by atoms with Crippen LogP contribution in [0.2, 0.25) is 0 Å². The van der Waals surface area contributed by atoms with Crippen LogP contribution in [-0.2, 0) is 11.4 Å². The van der Waals surface area contributed by atoms with Gasteiger partial charge in [0.1, 0.15) is 12.4 Å². The molecule has 106 valence electrons. The van der Waals surface area contributed by atoms with Crippen LogP contribution >= 0.6 is 11.3 Å². The summed E-state index contributed by atoms with van der Waals surface area (Å²) in [4.78, 5) is 11.5. The number of hydrogen-bond acceptors (Lipinski definition) is 4. The van der Waals surface area contributed by atoms with Crippen LogP contribution in [0.15, 0.2) is 35.7 Å². The van der Waals surface area contributed by atoms with Gasteiger partial charge in [0.25, 0.3) is 0 Å². The summed E-state index contributed by atoms with van der Waals surface area (Å²) in [6.45, 7) is 2.25. The molecule has 0 bridgehead atoms. The molecule has 2 aromatic rings. The molecule has 0 saturated carbocycles. The van der Waals surface area contributed by atoms with Crippen LogP contribution in [0.4, 0.5) is 0 Å². The first kappa shape index (κ1) is 14.8. The minimum absolute atomic E-state index is 0.340. The fraction of sp³-hybridized carbons (Fsp3) is 0.125. The quantitative estimate of drug-likeness (QED) is 0.856. The molecule has 1 heterocycles. The third-order valence-electron chi connectivity index (χ3n) is 2.86. The average molecular weight is 299 g/mol. The lowest BCUT2D eigenvalue weighted by Crippen LogP contribution is -1.97. The second kappa shape index (κ2) is 6.73. The van der Waals surface area contributed by atoms with Crippen LogP contribution in [0.3, 0.4) is 0 Å². The van der Waals surface area contributed by atoms with Gasteiger partial charge < -0.3 is 9.84 Å². The van der Waals surface area contributed by atoms with Crippen molar-refractivity contribution in [3.05, 3.63) is 57.3 Å². The van der Waals surface area contributed by atoms with Crippen molar-refractivity contribution < 1.29 is 14.6 Å². The largest absolute Gasteiger partial charge is 0.488 e. The Labute approximate surface area is 126 Å². The van der Waals surface area contributed by atoms with E-state index in [1.54, 1.807) is 18.2 Å².